The second-order valence-electron chi connectivity index (χ2n) is 4.07. The quantitative estimate of drug-likeness (QED) is 0.380. The van der Waals surface area contributed by atoms with Crippen LogP contribution in [0.4, 0.5) is 0 Å². The van der Waals surface area contributed by atoms with Gasteiger partial charge in [-0.25, -0.2) is 5.26 Å². The molecule has 4 nitrogen and oxygen atoms in total. The first-order chi connectivity index (χ1) is 8.15. The van der Waals surface area contributed by atoms with E-state index in [1.54, 1.807) is 0 Å². The Kier molecular flexibility index (Phi) is 3.69. The van der Waals surface area contributed by atoms with E-state index in [0.717, 1.165) is 22.2 Å². The SMILES string of the molecule is CCC1CC(C(=N)OO)c2cc(Br)ccc2O1. The molecule has 0 bridgehead atoms. The Morgan fingerprint density at radius 1 is 1.65 bits per heavy atom. The van der Waals surface area contributed by atoms with Gasteiger partial charge in [-0.15, -0.1) is 0 Å². The van der Waals surface area contributed by atoms with Crippen LogP contribution < -0.4 is 4.74 Å². The first kappa shape index (κ1) is 12.4. The second-order valence-corrected chi connectivity index (χ2v) is 4.99. The average Bonchev–Trinajstić information content (AvgIpc) is 2.36. The van der Waals surface area contributed by atoms with Crippen LogP contribution in [-0.2, 0) is 4.89 Å². The highest BCUT2D eigenvalue weighted by Gasteiger charge is 2.31. The van der Waals surface area contributed by atoms with Crippen molar-refractivity contribution in [1.82, 2.24) is 0 Å². The average molecular weight is 300 g/mol. The van der Waals surface area contributed by atoms with Gasteiger partial charge < -0.3 is 9.62 Å². The van der Waals surface area contributed by atoms with Gasteiger partial charge in [0.1, 0.15) is 5.75 Å². The van der Waals surface area contributed by atoms with Gasteiger partial charge in [0.05, 0.1) is 12.0 Å². The molecule has 2 rings (SSSR count). The topological polar surface area (TPSA) is 62.5 Å². The predicted octanol–water partition coefficient (Wildman–Crippen LogP) is 3.56. The van der Waals surface area contributed by atoms with Gasteiger partial charge in [0, 0.05) is 16.5 Å². The lowest BCUT2D eigenvalue weighted by atomic mass is 9.89. The Labute approximate surface area is 108 Å². The molecule has 0 saturated heterocycles. The Hall–Kier alpha value is -1.07. The van der Waals surface area contributed by atoms with Crippen molar-refractivity contribution < 1.29 is 14.9 Å². The van der Waals surface area contributed by atoms with Crippen LogP contribution in [0.1, 0.15) is 31.2 Å². The summed E-state index contributed by atoms with van der Waals surface area (Å²) in [5.74, 6) is 0.385. The van der Waals surface area contributed by atoms with Crippen LogP contribution in [0, 0.1) is 5.41 Å². The van der Waals surface area contributed by atoms with E-state index in [1.165, 1.54) is 0 Å². The van der Waals surface area contributed by atoms with Crippen LogP contribution in [0.15, 0.2) is 22.7 Å². The molecule has 1 aliphatic rings. The summed E-state index contributed by atoms with van der Waals surface area (Å²) in [6.45, 7) is 2.04. The largest absolute Gasteiger partial charge is 0.490 e. The zero-order valence-corrected chi connectivity index (χ0v) is 11.0. The number of hydrogen-bond acceptors (Lipinski definition) is 4. The van der Waals surface area contributed by atoms with E-state index in [1.807, 2.05) is 25.1 Å². The molecule has 2 atom stereocenters. The molecule has 1 aromatic rings. The Morgan fingerprint density at radius 3 is 3.06 bits per heavy atom. The number of nitrogens with one attached hydrogen (secondary N) is 1. The minimum atomic E-state index is -0.244. The van der Waals surface area contributed by atoms with Crippen molar-refractivity contribution in [2.45, 2.75) is 31.8 Å². The highest BCUT2D eigenvalue weighted by Crippen LogP contribution is 2.39. The molecule has 1 heterocycles. The van der Waals surface area contributed by atoms with Crippen LogP contribution in [0.5, 0.6) is 5.75 Å². The Morgan fingerprint density at radius 2 is 2.41 bits per heavy atom. The lowest BCUT2D eigenvalue weighted by Crippen LogP contribution is -2.29. The van der Waals surface area contributed by atoms with Gasteiger partial charge in [-0.3, -0.25) is 5.41 Å². The highest BCUT2D eigenvalue weighted by molar-refractivity contribution is 9.10. The molecule has 2 unspecified atom stereocenters. The first-order valence-corrected chi connectivity index (χ1v) is 6.31. The van der Waals surface area contributed by atoms with Crippen LogP contribution in [-0.4, -0.2) is 17.3 Å². The standard InChI is InChI=1S/C12H14BrNO3/c1-2-8-6-10(12(14)17-15)9-5-7(13)3-4-11(9)16-8/h3-5,8,10,14-15H,2,6H2,1H3. The van der Waals surface area contributed by atoms with Crippen molar-refractivity contribution in [3.8, 4) is 5.75 Å². The predicted molar refractivity (Wildman–Crippen MR) is 67.6 cm³/mol. The van der Waals surface area contributed by atoms with Gasteiger partial charge in [-0.05, 0) is 24.6 Å². The van der Waals surface area contributed by atoms with E-state index in [0.29, 0.717) is 6.42 Å². The third kappa shape index (κ3) is 2.45. The lowest BCUT2D eigenvalue weighted by Gasteiger charge is -2.31. The maximum atomic E-state index is 8.66. The van der Waals surface area contributed by atoms with Crippen LogP contribution in [0.25, 0.3) is 0 Å². The number of halogens is 1. The Bertz CT molecular complexity index is 436. The summed E-state index contributed by atoms with van der Waals surface area (Å²) in [5.41, 5.74) is 0.878. The fourth-order valence-electron chi connectivity index (χ4n) is 2.08. The fourth-order valence-corrected chi connectivity index (χ4v) is 2.46. The second kappa shape index (κ2) is 5.06. The maximum absolute atomic E-state index is 8.66. The summed E-state index contributed by atoms with van der Waals surface area (Å²) in [7, 11) is 0. The molecule has 92 valence electrons. The summed E-state index contributed by atoms with van der Waals surface area (Å²) >= 11 is 3.39. The van der Waals surface area contributed by atoms with Gasteiger partial charge in [0.2, 0.25) is 5.90 Å². The van der Waals surface area contributed by atoms with E-state index >= 15 is 0 Å². The third-order valence-corrected chi connectivity index (χ3v) is 3.50. The van der Waals surface area contributed by atoms with Crippen molar-refractivity contribution in [3.05, 3.63) is 28.2 Å². The summed E-state index contributed by atoms with van der Waals surface area (Å²) in [5, 5.41) is 16.3. The van der Waals surface area contributed by atoms with Crippen molar-refractivity contribution in [2.75, 3.05) is 0 Å². The zero-order valence-electron chi connectivity index (χ0n) is 9.44. The molecule has 0 aromatic heterocycles. The van der Waals surface area contributed by atoms with Crippen molar-refractivity contribution in [2.24, 2.45) is 0 Å². The van der Waals surface area contributed by atoms with Gasteiger partial charge >= 0.3 is 0 Å². The third-order valence-electron chi connectivity index (χ3n) is 3.01. The van der Waals surface area contributed by atoms with Gasteiger partial charge in [-0.1, -0.05) is 22.9 Å². The van der Waals surface area contributed by atoms with E-state index in [4.69, 9.17) is 15.4 Å². The minimum Gasteiger partial charge on any atom is -0.490 e. The molecule has 0 aliphatic carbocycles. The summed E-state index contributed by atoms with van der Waals surface area (Å²) in [6.07, 6.45) is 1.58. The molecule has 0 amide bonds. The zero-order chi connectivity index (χ0) is 12.4. The molecule has 0 spiro atoms. The number of rotatable bonds is 2. The smallest absolute Gasteiger partial charge is 0.232 e. The summed E-state index contributed by atoms with van der Waals surface area (Å²) in [6, 6.07) is 5.68. The van der Waals surface area contributed by atoms with E-state index in [9.17, 15) is 0 Å². The number of benzene rings is 1. The molecule has 2 N–H and O–H groups in total. The lowest BCUT2D eigenvalue weighted by molar-refractivity contribution is -0.160. The van der Waals surface area contributed by atoms with Crippen molar-refractivity contribution in [1.29, 1.82) is 5.41 Å². The van der Waals surface area contributed by atoms with Gasteiger partial charge in [0.25, 0.3) is 0 Å². The Balaban J connectivity index is 2.40. The molecule has 5 heteroatoms. The molecular weight excluding hydrogens is 286 g/mol. The normalized spacial score (nSPS) is 22.5. The van der Waals surface area contributed by atoms with E-state index < -0.39 is 0 Å². The first-order valence-electron chi connectivity index (χ1n) is 5.51. The monoisotopic (exact) mass is 299 g/mol. The van der Waals surface area contributed by atoms with Crippen LogP contribution in [0.2, 0.25) is 0 Å². The minimum absolute atomic E-state index is 0.0594. The summed E-state index contributed by atoms with van der Waals surface area (Å²) < 4.78 is 6.73. The fraction of sp³-hybridized carbons (Fsp3) is 0.417. The molecular formula is C12H14BrNO3. The van der Waals surface area contributed by atoms with Gasteiger partial charge in [0.15, 0.2) is 0 Å². The molecule has 1 aliphatic heterocycles. The van der Waals surface area contributed by atoms with Crippen molar-refractivity contribution in [3.63, 3.8) is 0 Å². The number of hydrogen-bond donors (Lipinski definition) is 2. The van der Waals surface area contributed by atoms with E-state index in [-0.39, 0.29) is 17.9 Å². The molecule has 0 saturated carbocycles. The molecule has 0 fully saturated rings. The van der Waals surface area contributed by atoms with Crippen LogP contribution in [0.3, 0.4) is 0 Å². The van der Waals surface area contributed by atoms with Crippen molar-refractivity contribution >= 4 is 21.8 Å². The molecule has 17 heavy (non-hydrogen) atoms. The van der Waals surface area contributed by atoms with E-state index in [2.05, 4.69) is 20.8 Å². The summed E-state index contributed by atoms with van der Waals surface area (Å²) in [4.78, 5) is 4.09. The van der Waals surface area contributed by atoms with Crippen LogP contribution >= 0.6 is 15.9 Å². The number of fused-ring (bicyclic) bond motifs is 1. The molecule has 0 radical (unpaired) electrons. The highest BCUT2D eigenvalue weighted by atomic mass is 79.9. The maximum Gasteiger partial charge on any atom is 0.232 e. The molecule has 1 aromatic carbocycles. The number of ether oxygens (including phenoxy) is 1. The van der Waals surface area contributed by atoms with Gasteiger partial charge in [-0.2, -0.15) is 0 Å².